The van der Waals surface area contributed by atoms with E-state index in [0.29, 0.717) is 23.2 Å². The van der Waals surface area contributed by atoms with E-state index < -0.39 is 10.0 Å². The predicted octanol–water partition coefficient (Wildman–Crippen LogP) is 6.56. The molecule has 0 saturated heterocycles. The largest absolute Gasteiger partial charge is 0.475 e. The summed E-state index contributed by atoms with van der Waals surface area (Å²) in [5.41, 5.74) is 6.94. The SMILES string of the molecule is Cc1cccc(C)c1-c1cc2nc(n1)NS(=O)(=O)c1cccc(c1)C(=O)N(Cc1cnc3cc(C(C)C)n(C)c3n1)[C@H](CC1CCC1)CO2. The van der Waals surface area contributed by atoms with Crippen LogP contribution in [0.2, 0.25) is 0 Å². The monoisotopic (exact) mass is 679 g/mol. The molecule has 0 unspecified atom stereocenters. The number of hydrogen-bond acceptors (Lipinski definition) is 8. The summed E-state index contributed by atoms with van der Waals surface area (Å²) in [4.78, 5) is 35.0. The number of nitrogens with zero attached hydrogens (tertiary/aromatic N) is 6. The molecule has 1 saturated carbocycles. The molecule has 12 heteroatoms. The van der Waals surface area contributed by atoms with Crippen molar-refractivity contribution in [2.45, 2.75) is 76.8 Å². The molecule has 0 radical (unpaired) electrons. The summed E-state index contributed by atoms with van der Waals surface area (Å²) in [6.45, 7) is 8.55. The van der Waals surface area contributed by atoms with Gasteiger partial charge in [-0.25, -0.2) is 23.1 Å². The third-order valence-corrected chi connectivity index (χ3v) is 11.1. The van der Waals surface area contributed by atoms with E-state index in [-0.39, 0.29) is 47.4 Å². The summed E-state index contributed by atoms with van der Waals surface area (Å²) in [7, 11) is -2.18. The number of fused-ring (bicyclic) bond motifs is 5. The molecule has 1 fully saturated rings. The van der Waals surface area contributed by atoms with Crippen molar-refractivity contribution in [2.75, 3.05) is 11.3 Å². The average molecular weight is 680 g/mol. The second-order valence-corrected chi connectivity index (χ2v) is 15.3. The summed E-state index contributed by atoms with van der Waals surface area (Å²) in [6.07, 6.45) is 5.76. The van der Waals surface area contributed by atoms with Crippen molar-refractivity contribution in [1.29, 1.82) is 0 Å². The first kappa shape index (κ1) is 32.7. The normalized spacial score (nSPS) is 17.9. The molecule has 1 aliphatic heterocycles. The van der Waals surface area contributed by atoms with Gasteiger partial charge in [-0.15, -0.1) is 0 Å². The Morgan fingerprint density at radius 1 is 1.00 bits per heavy atom. The summed E-state index contributed by atoms with van der Waals surface area (Å²) >= 11 is 0. The number of hydrogen-bond donors (Lipinski definition) is 1. The standard InChI is InChI=1S/C37H41N7O4S/c1-22(2)32-17-31-35(43(32)5)39-27(19-38-31)20-44-28(15-25-11-7-12-25)21-48-33-18-30(34-23(3)9-6-10-24(34)4)40-37(41-33)42-49(46,47)29-14-8-13-26(16-29)36(44)45/h6,8-10,13-14,16-19,22,25,28H,7,11-12,15,20-21H2,1-5H3,(H,40,41,42)/t28-/m1/s1. The minimum atomic E-state index is -4.17. The third-order valence-electron chi connectivity index (χ3n) is 9.76. The van der Waals surface area contributed by atoms with Crippen molar-refractivity contribution in [3.8, 4) is 17.1 Å². The number of aromatic nitrogens is 5. The van der Waals surface area contributed by atoms with Crippen LogP contribution in [0.1, 0.15) is 78.3 Å². The Morgan fingerprint density at radius 3 is 2.47 bits per heavy atom. The number of nitrogens with one attached hydrogen (secondary N) is 1. The zero-order valence-electron chi connectivity index (χ0n) is 28.5. The highest BCUT2D eigenvalue weighted by Crippen LogP contribution is 2.34. The van der Waals surface area contributed by atoms with Gasteiger partial charge in [0.05, 0.1) is 35.1 Å². The zero-order valence-corrected chi connectivity index (χ0v) is 29.3. The number of benzene rings is 2. The van der Waals surface area contributed by atoms with E-state index in [0.717, 1.165) is 59.2 Å². The summed E-state index contributed by atoms with van der Waals surface area (Å²) in [6, 6.07) is 15.5. The first-order chi connectivity index (χ1) is 23.5. The van der Waals surface area contributed by atoms with Crippen molar-refractivity contribution < 1.29 is 17.9 Å². The van der Waals surface area contributed by atoms with Gasteiger partial charge in [0.1, 0.15) is 12.1 Å². The van der Waals surface area contributed by atoms with E-state index in [1.54, 1.807) is 29.3 Å². The third kappa shape index (κ3) is 6.49. The van der Waals surface area contributed by atoms with E-state index in [4.69, 9.17) is 14.7 Å². The van der Waals surface area contributed by atoms with Crippen LogP contribution < -0.4 is 9.46 Å². The van der Waals surface area contributed by atoms with E-state index in [1.807, 2.05) is 39.1 Å². The summed E-state index contributed by atoms with van der Waals surface area (Å²) < 4.78 is 38.5. The van der Waals surface area contributed by atoms with Gasteiger partial charge in [0, 0.05) is 29.9 Å². The molecule has 11 nitrogen and oxygen atoms in total. The molecule has 254 valence electrons. The van der Waals surface area contributed by atoms with Crippen molar-refractivity contribution >= 4 is 33.0 Å². The maximum Gasteiger partial charge on any atom is 0.264 e. The van der Waals surface area contributed by atoms with Gasteiger partial charge in [-0.2, -0.15) is 4.98 Å². The molecule has 1 aliphatic carbocycles. The number of aryl methyl sites for hydroxylation is 3. The van der Waals surface area contributed by atoms with Crippen LogP contribution in [-0.2, 0) is 23.6 Å². The highest BCUT2D eigenvalue weighted by Gasteiger charge is 2.32. The molecule has 0 spiro atoms. The minimum Gasteiger partial charge on any atom is -0.475 e. The zero-order chi connectivity index (χ0) is 34.4. The molecule has 1 atom stereocenters. The highest BCUT2D eigenvalue weighted by atomic mass is 32.2. The number of carbonyl (C=O) groups excluding carboxylic acids is 1. The lowest BCUT2D eigenvalue weighted by atomic mass is 9.80. The van der Waals surface area contributed by atoms with Gasteiger partial charge >= 0.3 is 0 Å². The molecule has 1 N–H and O–H groups in total. The van der Waals surface area contributed by atoms with E-state index in [2.05, 4.69) is 39.2 Å². The van der Waals surface area contributed by atoms with Crippen molar-refractivity contribution in [3.05, 3.63) is 88.9 Å². The smallest absolute Gasteiger partial charge is 0.264 e. The molecule has 49 heavy (non-hydrogen) atoms. The number of anilines is 1. The minimum absolute atomic E-state index is 0.0668. The Hall–Kier alpha value is -4.84. The van der Waals surface area contributed by atoms with Crippen LogP contribution in [0, 0.1) is 19.8 Å². The lowest BCUT2D eigenvalue weighted by molar-refractivity contribution is 0.0508. The van der Waals surface area contributed by atoms with Crippen LogP contribution in [0.15, 0.2) is 65.7 Å². The van der Waals surface area contributed by atoms with Gasteiger partial charge in [0.2, 0.25) is 11.8 Å². The molecule has 2 aromatic carbocycles. The predicted molar refractivity (Wildman–Crippen MR) is 188 cm³/mol. The van der Waals surface area contributed by atoms with Crippen molar-refractivity contribution in [3.63, 3.8) is 0 Å². The maximum absolute atomic E-state index is 14.5. The van der Waals surface area contributed by atoms with Gasteiger partial charge in [-0.05, 0) is 67.5 Å². The van der Waals surface area contributed by atoms with E-state index in [1.165, 1.54) is 12.1 Å². The lowest BCUT2D eigenvalue weighted by Crippen LogP contribution is -2.45. The molecule has 3 aromatic heterocycles. The molecule has 2 aliphatic rings. The van der Waals surface area contributed by atoms with Gasteiger partial charge in [-0.1, -0.05) is 57.4 Å². The Balaban J connectivity index is 1.35. The second kappa shape index (κ2) is 12.9. The van der Waals surface area contributed by atoms with Gasteiger partial charge in [0.15, 0.2) is 5.65 Å². The number of rotatable bonds is 6. The Kier molecular flexibility index (Phi) is 8.60. The fourth-order valence-corrected chi connectivity index (χ4v) is 7.90. The highest BCUT2D eigenvalue weighted by molar-refractivity contribution is 7.92. The quantitative estimate of drug-likeness (QED) is 0.214. The molecule has 7 rings (SSSR count). The fourth-order valence-electron chi connectivity index (χ4n) is 6.92. The first-order valence-corrected chi connectivity index (χ1v) is 18.3. The van der Waals surface area contributed by atoms with Crippen LogP contribution >= 0.6 is 0 Å². The Labute approximate surface area is 286 Å². The first-order valence-electron chi connectivity index (χ1n) is 16.8. The van der Waals surface area contributed by atoms with Gasteiger partial charge in [0.25, 0.3) is 15.9 Å². The maximum atomic E-state index is 14.5. The fraction of sp³-hybridized carbons (Fsp3) is 0.378. The van der Waals surface area contributed by atoms with Crippen molar-refractivity contribution in [1.82, 2.24) is 29.4 Å². The van der Waals surface area contributed by atoms with Crippen LogP contribution in [0.3, 0.4) is 0 Å². The molecule has 1 amide bonds. The topological polar surface area (TPSA) is 132 Å². The molecular weight excluding hydrogens is 639 g/mol. The Bertz CT molecular complexity index is 2150. The van der Waals surface area contributed by atoms with Crippen LogP contribution in [-0.4, -0.2) is 56.4 Å². The Morgan fingerprint density at radius 2 is 1.76 bits per heavy atom. The molecule has 4 bridgehead atoms. The number of sulfonamides is 1. The number of amides is 1. The van der Waals surface area contributed by atoms with Crippen LogP contribution in [0.4, 0.5) is 5.95 Å². The van der Waals surface area contributed by atoms with E-state index >= 15 is 0 Å². The molecule has 4 heterocycles. The average Bonchev–Trinajstić information content (AvgIpc) is 3.38. The molecular formula is C37H41N7O4S. The summed E-state index contributed by atoms with van der Waals surface area (Å²) in [5.74, 6) is 0.535. The van der Waals surface area contributed by atoms with Crippen LogP contribution in [0.5, 0.6) is 5.88 Å². The molecule has 5 aromatic rings. The van der Waals surface area contributed by atoms with Crippen LogP contribution in [0.25, 0.3) is 22.4 Å². The van der Waals surface area contributed by atoms with E-state index in [9.17, 15) is 13.2 Å². The number of ether oxygens (including phenoxy) is 1. The summed E-state index contributed by atoms with van der Waals surface area (Å²) in [5, 5.41) is 0. The second-order valence-electron chi connectivity index (χ2n) is 13.6. The van der Waals surface area contributed by atoms with Crippen molar-refractivity contribution in [2.24, 2.45) is 13.0 Å². The number of carbonyl (C=O) groups is 1. The van der Waals surface area contributed by atoms with Gasteiger partial charge in [-0.3, -0.25) is 9.78 Å². The lowest BCUT2D eigenvalue weighted by Gasteiger charge is -2.36. The van der Waals surface area contributed by atoms with Gasteiger partial charge < -0.3 is 14.2 Å².